The number of thioether (sulfide) groups is 1. The summed E-state index contributed by atoms with van der Waals surface area (Å²) in [4.78, 5) is 30.1. The molecule has 3 heterocycles. The Kier molecular flexibility index (Phi) is 12.2. The summed E-state index contributed by atoms with van der Waals surface area (Å²) in [5, 5.41) is 0. The number of aryl methyl sites for hydroxylation is 2. The second-order valence-electron chi connectivity index (χ2n) is 7.88. The topological polar surface area (TPSA) is 90.8 Å². The molecule has 0 saturated heterocycles. The number of furan rings is 1. The maximum Gasteiger partial charge on any atom is 0.276 e. The van der Waals surface area contributed by atoms with E-state index in [1.807, 2.05) is 57.4 Å². The average Bonchev–Trinajstić information content (AvgIpc) is 3.33. The summed E-state index contributed by atoms with van der Waals surface area (Å²) in [6.07, 6.45) is 1.14. The van der Waals surface area contributed by atoms with E-state index in [2.05, 4.69) is 24.8 Å². The number of benzene rings is 1. The zero-order valence-corrected chi connectivity index (χ0v) is 22.6. The van der Waals surface area contributed by atoms with Crippen molar-refractivity contribution < 1.29 is 4.42 Å². The summed E-state index contributed by atoms with van der Waals surface area (Å²) in [7, 11) is 4.04. The van der Waals surface area contributed by atoms with Crippen molar-refractivity contribution >= 4 is 60.0 Å². The number of aromatic nitrogens is 4. The Labute approximate surface area is 221 Å². The van der Waals surface area contributed by atoms with Crippen LogP contribution in [0.25, 0.3) is 11.0 Å². The van der Waals surface area contributed by atoms with E-state index < -0.39 is 0 Å². The first-order chi connectivity index (χ1) is 15.0. The second-order valence-corrected chi connectivity index (χ2v) is 8.98. The van der Waals surface area contributed by atoms with E-state index in [1.54, 1.807) is 11.8 Å². The predicted molar refractivity (Wildman–Crippen MR) is 146 cm³/mol. The molecule has 0 aliphatic carbocycles. The first kappa shape index (κ1) is 30.1. The molecular formula is C23H30Cl3N5O2S. The number of hydrogen-bond acceptors (Lipinski definition) is 6. The fraction of sp³-hybridized carbons (Fsp3) is 0.348. The maximum atomic E-state index is 12.6. The zero-order chi connectivity index (χ0) is 21.8. The number of para-hydroxylation sites is 2. The number of H-pyrrole nitrogens is 2. The number of imidazole rings is 1. The second kappa shape index (κ2) is 13.8. The van der Waals surface area contributed by atoms with E-state index >= 15 is 0 Å². The molecule has 4 aromatic rings. The molecule has 0 unspecified atom stereocenters. The Morgan fingerprint density at radius 1 is 0.971 bits per heavy atom. The molecule has 0 saturated carbocycles. The van der Waals surface area contributed by atoms with Gasteiger partial charge in [-0.1, -0.05) is 12.1 Å². The molecule has 2 N–H and O–H groups in total. The molecule has 0 radical (unpaired) electrons. The highest BCUT2D eigenvalue weighted by molar-refractivity contribution is 7.98. The minimum Gasteiger partial charge on any atom is -0.464 e. The molecule has 11 heteroatoms. The fourth-order valence-electron chi connectivity index (χ4n) is 3.49. The fourth-order valence-corrected chi connectivity index (χ4v) is 4.33. The third-order valence-electron chi connectivity index (χ3n) is 4.98. The van der Waals surface area contributed by atoms with Gasteiger partial charge in [0.2, 0.25) is 0 Å². The number of nitrogens with one attached hydrogen (secondary N) is 2. The van der Waals surface area contributed by atoms with Crippen LogP contribution in [0.1, 0.15) is 34.4 Å². The van der Waals surface area contributed by atoms with Crippen LogP contribution in [0.3, 0.4) is 0 Å². The molecule has 1 aromatic carbocycles. The van der Waals surface area contributed by atoms with Crippen LogP contribution in [-0.2, 0) is 25.1 Å². The molecule has 0 aliphatic heterocycles. The van der Waals surface area contributed by atoms with Gasteiger partial charge >= 0.3 is 0 Å². The molecule has 4 rings (SSSR count). The van der Waals surface area contributed by atoms with Gasteiger partial charge < -0.3 is 19.3 Å². The van der Waals surface area contributed by atoms with E-state index in [0.29, 0.717) is 18.4 Å². The average molecular weight is 547 g/mol. The molecule has 0 amide bonds. The van der Waals surface area contributed by atoms with Gasteiger partial charge in [0.15, 0.2) is 0 Å². The van der Waals surface area contributed by atoms with E-state index in [4.69, 9.17) is 4.42 Å². The number of nitrogens with zero attached hydrogens (tertiary/aromatic N) is 3. The lowest BCUT2D eigenvalue weighted by atomic mass is 10.1. The molecule has 34 heavy (non-hydrogen) atoms. The summed E-state index contributed by atoms with van der Waals surface area (Å²) < 4.78 is 5.83. The highest BCUT2D eigenvalue weighted by atomic mass is 35.5. The lowest BCUT2D eigenvalue weighted by Crippen LogP contribution is -2.20. The van der Waals surface area contributed by atoms with Crippen molar-refractivity contribution in [1.29, 1.82) is 0 Å². The number of fused-ring (bicyclic) bond motifs is 1. The lowest BCUT2D eigenvalue weighted by molar-refractivity contribution is 0.344. The Morgan fingerprint density at radius 3 is 2.41 bits per heavy atom. The molecule has 0 aliphatic rings. The van der Waals surface area contributed by atoms with Crippen molar-refractivity contribution in [2.75, 3.05) is 19.8 Å². The van der Waals surface area contributed by atoms with Crippen molar-refractivity contribution in [3.8, 4) is 0 Å². The largest absolute Gasteiger partial charge is 0.464 e. The molecule has 186 valence electrons. The van der Waals surface area contributed by atoms with Crippen LogP contribution in [0, 0.1) is 6.92 Å². The van der Waals surface area contributed by atoms with Crippen molar-refractivity contribution in [2.45, 2.75) is 32.1 Å². The Bertz CT molecular complexity index is 1210. The maximum absolute atomic E-state index is 12.6. The van der Waals surface area contributed by atoms with E-state index in [1.165, 1.54) is 0 Å². The van der Waals surface area contributed by atoms with Gasteiger partial charge in [-0.05, 0) is 45.3 Å². The Morgan fingerprint density at radius 2 is 1.71 bits per heavy atom. The summed E-state index contributed by atoms with van der Waals surface area (Å²) in [5.74, 6) is 5.10. The van der Waals surface area contributed by atoms with Gasteiger partial charge in [-0.25, -0.2) is 4.98 Å². The van der Waals surface area contributed by atoms with E-state index in [9.17, 15) is 4.79 Å². The van der Waals surface area contributed by atoms with E-state index in [-0.39, 0.29) is 42.8 Å². The molecule has 7 nitrogen and oxygen atoms in total. The molecule has 0 atom stereocenters. The van der Waals surface area contributed by atoms with Crippen LogP contribution >= 0.6 is 49.0 Å². The standard InChI is InChI=1S/C23H27N5O2S.3ClH/c1-15-18(12-22-25-19-6-4-5-7-20(19)26-22)23(29)27-21(24-15)10-11-31-14-17-9-8-16(30-17)13-28(2)3;;;/h4-9H,10-14H2,1-3H3,(H,25,26)(H,24,27,29);3*1H. The Balaban J connectivity index is 0.00000193. The minimum absolute atomic E-state index is 0. The summed E-state index contributed by atoms with van der Waals surface area (Å²) in [6.45, 7) is 2.72. The molecule has 0 bridgehead atoms. The summed E-state index contributed by atoms with van der Waals surface area (Å²) in [6, 6.07) is 11.9. The molecule has 3 aromatic heterocycles. The van der Waals surface area contributed by atoms with Crippen LogP contribution in [0.2, 0.25) is 0 Å². The number of aromatic amines is 2. The van der Waals surface area contributed by atoms with Crippen LogP contribution in [-0.4, -0.2) is 44.7 Å². The summed E-state index contributed by atoms with van der Waals surface area (Å²) >= 11 is 1.77. The first-order valence-corrected chi connectivity index (χ1v) is 11.5. The molecule has 0 fully saturated rings. The van der Waals surface area contributed by atoms with Gasteiger partial charge in [0.25, 0.3) is 5.56 Å². The highest BCUT2D eigenvalue weighted by Crippen LogP contribution is 2.17. The molecule has 0 spiro atoms. The quantitative estimate of drug-likeness (QED) is 0.289. The van der Waals surface area contributed by atoms with E-state index in [0.717, 1.165) is 57.9 Å². The third kappa shape index (κ3) is 7.78. The van der Waals surface area contributed by atoms with Gasteiger partial charge in [0, 0.05) is 29.9 Å². The first-order valence-electron chi connectivity index (χ1n) is 10.3. The zero-order valence-electron chi connectivity index (χ0n) is 19.3. The summed E-state index contributed by atoms with van der Waals surface area (Å²) in [5.41, 5.74) is 3.19. The van der Waals surface area contributed by atoms with Gasteiger partial charge in [-0.15, -0.1) is 37.2 Å². The molecular weight excluding hydrogens is 517 g/mol. The number of halogens is 3. The third-order valence-corrected chi connectivity index (χ3v) is 5.96. The monoisotopic (exact) mass is 545 g/mol. The normalized spacial score (nSPS) is 10.6. The van der Waals surface area contributed by atoms with Crippen LogP contribution in [0.4, 0.5) is 0 Å². The lowest BCUT2D eigenvalue weighted by Gasteiger charge is -2.07. The smallest absolute Gasteiger partial charge is 0.276 e. The van der Waals surface area contributed by atoms with Crippen LogP contribution in [0.5, 0.6) is 0 Å². The predicted octanol–water partition coefficient (Wildman–Crippen LogP) is 4.94. The Hall–Kier alpha value is -1.97. The number of rotatable bonds is 9. The van der Waals surface area contributed by atoms with Crippen molar-refractivity contribution in [2.24, 2.45) is 0 Å². The van der Waals surface area contributed by atoms with Gasteiger partial charge in [0.05, 0.1) is 23.3 Å². The van der Waals surface area contributed by atoms with Gasteiger partial charge in [-0.3, -0.25) is 4.79 Å². The van der Waals surface area contributed by atoms with Crippen molar-refractivity contribution in [1.82, 2.24) is 24.8 Å². The van der Waals surface area contributed by atoms with Gasteiger partial charge in [0.1, 0.15) is 23.2 Å². The van der Waals surface area contributed by atoms with Crippen molar-refractivity contribution in [3.63, 3.8) is 0 Å². The minimum atomic E-state index is -0.184. The van der Waals surface area contributed by atoms with Crippen LogP contribution < -0.4 is 5.56 Å². The van der Waals surface area contributed by atoms with Crippen molar-refractivity contribution in [3.05, 3.63) is 81.2 Å². The SMILES string of the molecule is Cc1[nH]c(CCSCc2ccc(CN(C)C)o2)nc(=O)c1Cc1nc2ccccc2[nH]1.Cl.Cl.Cl. The highest BCUT2D eigenvalue weighted by Gasteiger charge is 2.12. The number of hydrogen-bond donors (Lipinski definition) is 2. The van der Waals surface area contributed by atoms with Crippen LogP contribution in [0.15, 0.2) is 45.6 Å². The van der Waals surface area contributed by atoms with Gasteiger partial charge in [-0.2, -0.15) is 16.7 Å².